The van der Waals surface area contributed by atoms with Gasteiger partial charge in [-0.2, -0.15) is 0 Å². The van der Waals surface area contributed by atoms with Crippen molar-refractivity contribution in [1.82, 2.24) is 0 Å². The van der Waals surface area contributed by atoms with Crippen molar-refractivity contribution in [2.75, 3.05) is 7.11 Å². The Bertz CT molecular complexity index is 1340. The minimum atomic E-state index is -0.467. The smallest absolute Gasteiger partial charge is 0.337 e. The molecular formula is C25H19FO6. The molecule has 4 rings (SSSR count). The molecule has 0 aliphatic rings. The summed E-state index contributed by atoms with van der Waals surface area (Å²) in [5.74, 6) is 0.324. The lowest BCUT2D eigenvalue weighted by Gasteiger charge is -2.11. The summed E-state index contributed by atoms with van der Waals surface area (Å²) in [7, 11) is 1.30. The van der Waals surface area contributed by atoms with Crippen molar-refractivity contribution in [3.63, 3.8) is 0 Å². The van der Waals surface area contributed by atoms with Crippen LogP contribution in [0.2, 0.25) is 0 Å². The van der Waals surface area contributed by atoms with Crippen molar-refractivity contribution < 1.29 is 27.8 Å². The molecule has 7 heteroatoms. The van der Waals surface area contributed by atoms with Gasteiger partial charge in [0.2, 0.25) is 11.2 Å². The summed E-state index contributed by atoms with van der Waals surface area (Å²) >= 11 is 0. The predicted molar refractivity (Wildman–Crippen MR) is 116 cm³/mol. The molecular weight excluding hydrogens is 415 g/mol. The topological polar surface area (TPSA) is 75.0 Å². The summed E-state index contributed by atoms with van der Waals surface area (Å²) in [5, 5.41) is 0.315. The average Bonchev–Trinajstić information content (AvgIpc) is 2.81. The first-order chi connectivity index (χ1) is 15.5. The van der Waals surface area contributed by atoms with Crippen LogP contribution in [0.5, 0.6) is 17.2 Å². The van der Waals surface area contributed by atoms with Gasteiger partial charge in [0.25, 0.3) is 0 Å². The first-order valence-electron chi connectivity index (χ1n) is 9.76. The standard InChI is InChI=1S/C25H19FO6/c1-15-24(32-18-9-7-16(8-10-18)25(28)29-2)23(27)20-12-11-19(13-22(20)31-15)30-14-17-5-3-4-6-21(17)26/h3-13H,14H2,1-2H3. The highest BCUT2D eigenvalue weighted by Crippen LogP contribution is 2.28. The van der Waals surface area contributed by atoms with Crippen LogP contribution in [0, 0.1) is 12.7 Å². The second kappa shape index (κ2) is 8.93. The van der Waals surface area contributed by atoms with Gasteiger partial charge in [-0.15, -0.1) is 0 Å². The molecule has 0 atom stereocenters. The molecule has 0 radical (unpaired) electrons. The number of carbonyl (C=O) groups excluding carboxylic acids is 1. The van der Waals surface area contributed by atoms with Crippen molar-refractivity contribution >= 4 is 16.9 Å². The largest absolute Gasteiger partial charge is 0.489 e. The minimum Gasteiger partial charge on any atom is -0.489 e. The minimum absolute atomic E-state index is 0.0448. The maximum atomic E-state index is 13.8. The van der Waals surface area contributed by atoms with Crippen LogP contribution in [0.15, 0.2) is 75.9 Å². The summed E-state index contributed by atoms with van der Waals surface area (Å²) in [5.41, 5.74) is 0.769. The van der Waals surface area contributed by atoms with Crippen molar-refractivity contribution in [3.8, 4) is 17.2 Å². The first-order valence-corrected chi connectivity index (χ1v) is 9.76. The molecule has 0 saturated heterocycles. The van der Waals surface area contributed by atoms with E-state index in [1.165, 1.54) is 13.2 Å². The number of aryl methyl sites for hydroxylation is 1. The number of esters is 1. The second-order valence-corrected chi connectivity index (χ2v) is 6.97. The summed E-state index contributed by atoms with van der Waals surface area (Å²) < 4.78 is 35.6. The summed E-state index contributed by atoms with van der Waals surface area (Å²) in [6, 6.07) is 17.3. The van der Waals surface area contributed by atoms with E-state index in [2.05, 4.69) is 4.74 Å². The molecule has 3 aromatic carbocycles. The van der Waals surface area contributed by atoms with E-state index in [-0.39, 0.29) is 29.4 Å². The molecule has 0 N–H and O–H groups in total. The molecule has 4 aromatic rings. The van der Waals surface area contributed by atoms with Crippen LogP contribution in [-0.4, -0.2) is 13.1 Å². The maximum Gasteiger partial charge on any atom is 0.337 e. The number of methoxy groups -OCH3 is 1. The van der Waals surface area contributed by atoms with E-state index >= 15 is 0 Å². The Morgan fingerprint density at radius 1 is 1.00 bits per heavy atom. The third-order valence-electron chi connectivity index (χ3n) is 4.83. The van der Waals surface area contributed by atoms with E-state index in [0.717, 1.165) is 0 Å². The van der Waals surface area contributed by atoms with E-state index in [4.69, 9.17) is 13.9 Å². The number of carbonyl (C=O) groups is 1. The van der Waals surface area contributed by atoms with E-state index in [1.807, 2.05) is 0 Å². The number of fused-ring (bicyclic) bond motifs is 1. The lowest BCUT2D eigenvalue weighted by Crippen LogP contribution is -2.08. The second-order valence-electron chi connectivity index (χ2n) is 6.97. The molecule has 0 fully saturated rings. The molecule has 0 bridgehead atoms. The Balaban J connectivity index is 1.58. The summed E-state index contributed by atoms with van der Waals surface area (Å²) in [6.45, 7) is 1.66. The molecule has 1 aromatic heterocycles. The van der Waals surface area contributed by atoms with Gasteiger partial charge < -0.3 is 18.6 Å². The number of hydrogen-bond donors (Lipinski definition) is 0. The Morgan fingerprint density at radius 2 is 1.72 bits per heavy atom. The van der Waals surface area contributed by atoms with Gasteiger partial charge >= 0.3 is 5.97 Å². The van der Waals surface area contributed by atoms with E-state index in [0.29, 0.717) is 33.6 Å². The van der Waals surface area contributed by atoms with Gasteiger partial charge in [0.05, 0.1) is 18.1 Å². The zero-order chi connectivity index (χ0) is 22.7. The van der Waals surface area contributed by atoms with E-state index in [9.17, 15) is 14.0 Å². The molecule has 162 valence electrons. The lowest BCUT2D eigenvalue weighted by atomic mass is 10.2. The highest BCUT2D eigenvalue weighted by Gasteiger charge is 2.15. The normalized spacial score (nSPS) is 10.7. The fourth-order valence-electron chi connectivity index (χ4n) is 3.15. The van der Waals surface area contributed by atoms with Crippen molar-refractivity contribution in [3.05, 3.63) is 99.7 Å². The molecule has 6 nitrogen and oxygen atoms in total. The fraction of sp³-hybridized carbons (Fsp3) is 0.120. The van der Waals surface area contributed by atoms with Gasteiger partial charge in [-0.1, -0.05) is 18.2 Å². The third-order valence-corrected chi connectivity index (χ3v) is 4.83. The van der Waals surface area contributed by atoms with Crippen LogP contribution in [-0.2, 0) is 11.3 Å². The Kier molecular flexibility index (Phi) is 5.89. The average molecular weight is 434 g/mol. The number of hydrogen-bond acceptors (Lipinski definition) is 6. The van der Waals surface area contributed by atoms with Crippen molar-refractivity contribution in [2.24, 2.45) is 0 Å². The van der Waals surface area contributed by atoms with Gasteiger partial charge in [0.15, 0.2) is 0 Å². The Labute approximate surface area is 182 Å². The quantitative estimate of drug-likeness (QED) is 0.379. The third kappa shape index (κ3) is 4.32. The van der Waals surface area contributed by atoms with Gasteiger partial charge in [-0.25, -0.2) is 9.18 Å². The number of rotatable bonds is 6. The summed E-state index contributed by atoms with van der Waals surface area (Å²) in [6.07, 6.45) is 0. The monoisotopic (exact) mass is 434 g/mol. The molecule has 0 saturated carbocycles. The fourth-order valence-corrected chi connectivity index (χ4v) is 3.15. The Morgan fingerprint density at radius 3 is 2.44 bits per heavy atom. The Hall–Kier alpha value is -4.13. The zero-order valence-electron chi connectivity index (χ0n) is 17.4. The number of ether oxygens (including phenoxy) is 3. The van der Waals surface area contributed by atoms with Crippen LogP contribution < -0.4 is 14.9 Å². The van der Waals surface area contributed by atoms with E-state index < -0.39 is 5.97 Å². The van der Waals surface area contributed by atoms with Crippen molar-refractivity contribution in [2.45, 2.75) is 13.5 Å². The summed E-state index contributed by atoms with van der Waals surface area (Å²) in [4.78, 5) is 24.5. The highest BCUT2D eigenvalue weighted by atomic mass is 19.1. The molecule has 1 heterocycles. The van der Waals surface area contributed by atoms with Crippen LogP contribution in [0.3, 0.4) is 0 Å². The van der Waals surface area contributed by atoms with Gasteiger partial charge in [-0.3, -0.25) is 4.79 Å². The number of halogens is 1. The van der Waals surface area contributed by atoms with E-state index in [1.54, 1.807) is 67.6 Å². The van der Waals surface area contributed by atoms with Crippen LogP contribution in [0.25, 0.3) is 11.0 Å². The van der Waals surface area contributed by atoms with Crippen molar-refractivity contribution in [1.29, 1.82) is 0 Å². The molecule has 0 aliphatic heterocycles. The van der Waals surface area contributed by atoms with Crippen LogP contribution in [0.1, 0.15) is 21.7 Å². The predicted octanol–water partition coefficient (Wildman–Crippen LogP) is 5.40. The lowest BCUT2D eigenvalue weighted by molar-refractivity contribution is 0.0600. The van der Waals surface area contributed by atoms with Gasteiger partial charge in [0, 0.05) is 11.6 Å². The maximum absolute atomic E-state index is 13.8. The molecule has 0 unspecified atom stereocenters. The van der Waals surface area contributed by atoms with Crippen LogP contribution in [0.4, 0.5) is 4.39 Å². The SMILES string of the molecule is COC(=O)c1ccc(Oc2c(C)oc3cc(OCc4ccccc4F)ccc3c2=O)cc1. The van der Waals surface area contributed by atoms with Gasteiger partial charge in [0.1, 0.15) is 35.3 Å². The molecule has 32 heavy (non-hydrogen) atoms. The molecule has 0 amide bonds. The first kappa shape index (κ1) is 21.1. The zero-order valence-corrected chi connectivity index (χ0v) is 17.4. The highest BCUT2D eigenvalue weighted by molar-refractivity contribution is 5.89. The molecule has 0 spiro atoms. The molecule has 0 aliphatic carbocycles. The van der Waals surface area contributed by atoms with Gasteiger partial charge in [-0.05, 0) is 49.4 Å². The van der Waals surface area contributed by atoms with Crippen LogP contribution >= 0.6 is 0 Å². The number of benzene rings is 3.